The van der Waals surface area contributed by atoms with E-state index < -0.39 is 18.3 Å². The van der Waals surface area contributed by atoms with Crippen molar-refractivity contribution in [3.05, 3.63) is 35.9 Å². The summed E-state index contributed by atoms with van der Waals surface area (Å²) in [5, 5.41) is 31.8. The van der Waals surface area contributed by atoms with Crippen molar-refractivity contribution >= 4 is 0 Å². The molecule has 1 aromatic rings. The number of hydrogen-bond acceptors (Lipinski definition) is 4. The smallest absolute Gasteiger partial charge is 0.106 e. The van der Waals surface area contributed by atoms with Crippen LogP contribution in [0.3, 0.4) is 0 Å². The lowest BCUT2D eigenvalue weighted by Crippen LogP contribution is -2.34. The van der Waals surface area contributed by atoms with Gasteiger partial charge in [0.25, 0.3) is 0 Å². The Labute approximate surface area is 101 Å². The van der Waals surface area contributed by atoms with Crippen LogP contribution in [-0.4, -0.2) is 40.2 Å². The van der Waals surface area contributed by atoms with E-state index in [1.54, 1.807) is 0 Å². The molecule has 0 unspecified atom stereocenters. The second kappa shape index (κ2) is 5.60. The molecule has 0 aromatic heterocycles. The van der Waals surface area contributed by atoms with Crippen molar-refractivity contribution in [3.8, 4) is 0 Å². The largest absolute Gasteiger partial charge is 0.390 e. The number of hydrogen-bond donors (Lipinski definition) is 4. The molecule has 0 amide bonds. The van der Waals surface area contributed by atoms with Gasteiger partial charge in [-0.05, 0) is 12.0 Å². The van der Waals surface area contributed by atoms with Crippen molar-refractivity contribution in [2.45, 2.75) is 31.3 Å². The van der Waals surface area contributed by atoms with Gasteiger partial charge in [-0.25, -0.2) is 0 Å². The minimum absolute atomic E-state index is 0.0799. The van der Waals surface area contributed by atoms with Crippen molar-refractivity contribution in [1.82, 2.24) is 5.32 Å². The highest BCUT2D eigenvalue weighted by Crippen LogP contribution is 2.26. The maximum Gasteiger partial charge on any atom is 0.106 e. The van der Waals surface area contributed by atoms with E-state index in [0.29, 0.717) is 13.0 Å². The van der Waals surface area contributed by atoms with Crippen LogP contribution in [0.2, 0.25) is 0 Å². The molecule has 0 bridgehead atoms. The number of benzene rings is 1. The summed E-state index contributed by atoms with van der Waals surface area (Å²) in [5.41, 5.74) is 1.18. The average Bonchev–Trinajstić information content (AvgIpc) is 2.59. The van der Waals surface area contributed by atoms with Gasteiger partial charge in [-0.15, -0.1) is 0 Å². The van der Waals surface area contributed by atoms with Gasteiger partial charge in [0.2, 0.25) is 0 Å². The molecule has 0 heterocycles. The van der Waals surface area contributed by atoms with Crippen LogP contribution in [0.25, 0.3) is 0 Å². The summed E-state index contributed by atoms with van der Waals surface area (Å²) in [6.07, 6.45) is -2.18. The molecule has 1 aromatic carbocycles. The zero-order valence-electron chi connectivity index (χ0n) is 9.66. The monoisotopic (exact) mass is 237 g/mol. The minimum Gasteiger partial charge on any atom is -0.390 e. The highest BCUT2D eigenvalue weighted by Gasteiger charge is 2.39. The van der Waals surface area contributed by atoms with Gasteiger partial charge in [0.1, 0.15) is 6.10 Å². The molecule has 94 valence electrons. The molecule has 0 radical (unpaired) electrons. The lowest BCUT2D eigenvalue weighted by atomic mass is 10.1. The predicted molar refractivity (Wildman–Crippen MR) is 64.3 cm³/mol. The van der Waals surface area contributed by atoms with Crippen LogP contribution in [0.1, 0.15) is 12.0 Å². The van der Waals surface area contributed by atoms with Gasteiger partial charge in [0.05, 0.1) is 12.2 Å². The van der Waals surface area contributed by atoms with Gasteiger partial charge in [0.15, 0.2) is 0 Å². The Hall–Kier alpha value is -0.940. The molecular formula is C13H19NO3. The Morgan fingerprint density at radius 3 is 2.35 bits per heavy atom. The predicted octanol–water partition coefficient (Wildman–Crippen LogP) is -0.121. The van der Waals surface area contributed by atoms with E-state index in [4.69, 9.17) is 0 Å². The van der Waals surface area contributed by atoms with Crippen LogP contribution in [0.15, 0.2) is 30.3 Å². The third-order valence-corrected chi connectivity index (χ3v) is 3.35. The molecule has 1 aliphatic rings. The summed E-state index contributed by atoms with van der Waals surface area (Å²) in [6, 6.07) is 9.99. The molecule has 4 atom stereocenters. The van der Waals surface area contributed by atoms with Crippen molar-refractivity contribution in [2.75, 3.05) is 6.54 Å². The molecule has 0 spiro atoms. The Morgan fingerprint density at radius 2 is 1.76 bits per heavy atom. The van der Waals surface area contributed by atoms with E-state index in [1.165, 1.54) is 5.56 Å². The first-order chi connectivity index (χ1) is 8.18. The minimum atomic E-state index is -1.00. The zero-order chi connectivity index (χ0) is 12.3. The zero-order valence-corrected chi connectivity index (χ0v) is 9.66. The highest BCUT2D eigenvalue weighted by molar-refractivity contribution is 5.14. The molecule has 0 saturated heterocycles. The summed E-state index contributed by atoms with van der Waals surface area (Å²) in [5.74, 6) is -0.0799. The average molecular weight is 237 g/mol. The maximum absolute atomic E-state index is 9.68. The fourth-order valence-corrected chi connectivity index (χ4v) is 2.30. The van der Waals surface area contributed by atoms with E-state index in [2.05, 4.69) is 5.32 Å². The van der Waals surface area contributed by atoms with Crippen LogP contribution < -0.4 is 5.32 Å². The quantitative estimate of drug-likeness (QED) is 0.589. The van der Waals surface area contributed by atoms with Gasteiger partial charge >= 0.3 is 0 Å². The lowest BCUT2D eigenvalue weighted by Gasteiger charge is -2.16. The van der Waals surface area contributed by atoms with Crippen LogP contribution >= 0.6 is 0 Å². The van der Waals surface area contributed by atoms with E-state index in [1.807, 2.05) is 30.3 Å². The molecule has 1 fully saturated rings. The van der Waals surface area contributed by atoms with Gasteiger partial charge < -0.3 is 20.6 Å². The molecule has 2 rings (SSSR count). The lowest BCUT2D eigenvalue weighted by molar-refractivity contribution is -0.0257. The van der Waals surface area contributed by atoms with Crippen LogP contribution in [0, 0.1) is 5.92 Å². The summed E-state index contributed by atoms with van der Waals surface area (Å²) in [7, 11) is 0. The summed E-state index contributed by atoms with van der Waals surface area (Å²) >= 11 is 0. The molecule has 0 aliphatic heterocycles. The molecule has 1 saturated carbocycles. The van der Waals surface area contributed by atoms with E-state index in [0.717, 1.165) is 6.54 Å². The normalized spacial score (nSPS) is 32.9. The Bertz CT molecular complexity index is 344. The van der Waals surface area contributed by atoms with Crippen molar-refractivity contribution in [2.24, 2.45) is 5.92 Å². The third-order valence-electron chi connectivity index (χ3n) is 3.35. The van der Waals surface area contributed by atoms with Crippen molar-refractivity contribution < 1.29 is 15.3 Å². The van der Waals surface area contributed by atoms with Crippen molar-refractivity contribution in [3.63, 3.8) is 0 Å². The second-order valence-electron chi connectivity index (χ2n) is 4.66. The standard InChI is InChI=1S/C13H19NO3/c15-11-6-10(12(16)13(11)17)8-14-7-9-4-2-1-3-5-9/h1-5,10-17H,6-8H2/t10-,11-,12-,13+/m0/s1. The second-order valence-corrected chi connectivity index (χ2v) is 4.66. The number of rotatable bonds is 4. The Morgan fingerprint density at radius 1 is 1.06 bits per heavy atom. The van der Waals surface area contributed by atoms with E-state index in [9.17, 15) is 15.3 Å². The fraction of sp³-hybridized carbons (Fsp3) is 0.538. The van der Waals surface area contributed by atoms with Gasteiger partial charge in [-0.2, -0.15) is 0 Å². The first-order valence-corrected chi connectivity index (χ1v) is 5.97. The highest BCUT2D eigenvalue weighted by atomic mass is 16.4. The molecule has 4 nitrogen and oxygen atoms in total. The molecule has 1 aliphatic carbocycles. The van der Waals surface area contributed by atoms with Gasteiger partial charge in [0, 0.05) is 19.0 Å². The van der Waals surface area contributed by atoms with Crippen molar-refractivity contribution in [1.29, 1.82) is 0 Å². The number of aliphatic hydroxyl groups is 3. The fourth-order valence-electron chi connectivity index (χ4n) is 2.30. The van der Waals surface area contributed by atoms with E-state index in [-0.39, 0.29) is 5.92 Å². The summed E-state index contributed by atoms with van der Waals surface area (Å²) in [6.45, 7) is 1.33. The Balaban J connectivity index is 1.76. The molecule has 4 heteroatoms. The van der Waals surface area contributed by atoms with Crippen LogP contribution in [0.5, 0.6) is 0 Å². The topological polar surface area (TPSA) is 72.7 Å². The Kier molecular flexibility index (Phi) is 4.12. The van der Waals surface area contributed by atoms with Crippen LogP contribution in [0.4, 0.5) is 0 Å². The number of aliphatic hydroxyl groups excluding tert-OH is 3. The number of nitrogens with one attached hydrogen (secondary N) is 1. The first kappa shape index (κ1) is 12.5. The maximum atomic E-state index is 9.68. The third kappa shape index (κ3) is 3.04. The van der Waals surface area contributed by atoms with Gasteiger partial charge in [-0.3, -0.25) is 0 Å². The van der Waals surface area contributed by atoms with Gasteiger partial charge in [-0.1, -0.05) is 30.3 Å². The van der Waals surface area contributed by atoms with E-state index >= 15 is 0 Å². The van der Waals surface area contributed by atoms with Crippen LogP contribution in [-0.2, 0) is 6.54 Å². The SMILES string of the molecule is O[C@H]1[C@H](CNCc2ccccc2)C[C@H](O)[C@H]1O. The molecule has 17 heavy (non-hydrogen) atoms. The summed E-state index contributed by atoms with van der Waals surface area (Å²) < 4.78 is 0. The molecular weight excluding hydrogens is 218 g/mol. The first-order valence-electron chi connectivity index (χ1n) is 5.97. The summed E-state index contributed by atoms with van der Waals surface area (Å²) in [4.78, 5) is 0. The molecule has 4 N–H and O–H groups in total.